The lowest BCUT2D eigenvalue weighted by molar-refractivity contribution is -0.129. The van der Waals surface area contributed by atoms with Crippen LogP contribution in [0, 0.1) is 24.1 Å². The zero-order valence-corrected chi connectivity index (χ0v) is 16.5. The van der Waals surface area contributed by atoms with Gasteiger partial charge in [0.05, 0.1) is 12.1 Å². The van der Waals surface area contributed by atoms with Crippen molar-refractivity contribution in [3.05, 3.63) is 53.2 Å². The number of oxazole rings is 1. The van der Waals surface area contributed by atoms with E-state index in [9.17, 15) is 14.9 Å². The van der Waals surface area contributed by atoms with Crippen LogP contribution < -0.4 is 0 Å². The van der Waals surface area contributed by atoms with Crippen molar-refractivity contribution in [3.8, 4) is 17.2 Å². The van der Waals surface area contributed by atoms with Crippen LogP contribution in [0.5, 0.6) is 0 Å². The van der Waals surface area contributed by atoms with Gasteiger partial charge in [0.15, 0.2) is 11.4 Å². The average Bonchev–Trinajstić information content (AvgIpc) is 3.14. The van der Waals surface area contributed by atoms with Gasteiger partial charge in [-0.1, -0.05) is 30.3 Å². The number of halogens is 1. The van der Waals surface area contributed by atoms with Crippen molar-refractivity contribution in [3.63, 3.8) is 0 Å². The Morgan fingerprint density at radius 1 is 1.21 bits per heavy atom. The summed E-state index contributed by atoms with van der Waals surface area (Å²) in [4.78, 5) is 31.0. The van der Waals surface area contributed by atoms with Gasteiger partial charge in [-0.3, -0.25) is 9.59 Å². The first-order valence-electron chi connectivity index (χ1n) is 8.80. The summed E-state index contributed by atoms with van der Waals surface area (Å²) in [5.74, 6) is -2.04. The molecule has 3 rings (SSSR count). The largest absolute Gasteiger partial charge is 0.429 e. The second kappa shape index (κ2) is 7.72. The second-order valence-corrected chi connectivity index (χ2v) is 6.81. The zero-order chi connectivity index (χ0) is 21.3. The Labute approximate surface area is 167 Å². The summed E-state index contributed by atoms with van der Waals surface area (Å²) in [5, 5.41) is 9.62. The van der Waals surface area contributed by atoms with Gasteiger partial charge in [0, 0.05) is 26.7 Å². The molecule has 0 bridgehead atoms. The molecule has 0 aliphatic carbocycles. The molecular formula is C21H19FN4O3. The van der Waals surface area contributed by atoms with E-state index in [0.29, 0.717) is 11.1 Å². The molecule has 0 saturated heterocycles. The summed E-state index contributed by atoms with van der Waals surface area (Å²) in [5.41, 5.74) is 1.07. The van der Waals surface area contributed by atoms with Crippen molar-refractivity contribution >= 4 is 22.9 Å². The summed E-state index contributed by atoms with van der Waals surface area (Å²) in [7, 11) is 4.56. The molecule has 7 nitrogen and oxygen atoms in total. The molecule has 0 aliphatic rings. The minimum absolute atomic E-state index is 0.0159. The third-order valence-corrected chi connectivity index (χ3v) is 4.61. The number of benzene rings is 2. The molecule has 8 heteroatoms. The molecule has 1 heterocycles. The highest BCUT2D eigenvalue weighted by atomic mass is 19.1. The van der Waals surface area contributed by atoms with Crippen LogP contribution in [0.2, 0.25) is 0 Å². The number of nitrogens with zero attached hydrogens (tertiary/aromatic N) is 4. The highest BCUT2D eigenvalue weighted by molar-refractivity contribution is 5.97. The van der Waals surface area contributed by atoms with Crippen LogP contribution in [-0.2, 0) is 4.79 Å². The lowest BCUT2D eigenvalue weighted by Crippen LogP contribution is -2.37. The van der Waals surface area contributed by atoms with Gasteiger partial charge in [-0.15, -0.1) is 0 Å². The normalized spacial score (nSPS) is 10.6. The van der Waals surface area contributed by atoms with Gasteiger partial charge in [0.25, 0.3) is 5.89 Å². The minimum atomic E-state index is -0.693. The molecule has 3 aromatic rings. The van der Waals surface area contributed by atoms with Crippen molar-refractivity contribution in [2.75, 3.05) is 27.7 Å². The summed E-state index contributed by atoms with van der Waals surface area (Å²) in [6, 6.07) is 10.8. The third-order valence-electron chi connectivity index (χ3n) is 4.61. The Hall–Kier alpha value is -3.73. The standard InChI is InChI=1S/C21H19FN4O3/c1-12-14(10-23)18-19(17(22)16(12)13-8-6-5-7-9-13)29-20(24-18)21(28)26(4)11-15(27)25(2)3/h5-9H,11H2,1-4H3. The summed E-state index contributed by atoms with van der Waals surface area (Å²) < 4.78 is 20.7. The number of carbonyl (C=O) groups excluding carboxylic acids is 2. The topological polar surface area (TPSA) is 90.4 Å². The van der Waals surface area contributed by atoms with Crippen molar-refractivity contribution in [2.24, 2.45) is 0 Å². The first-order valence-corrected chi connectivity index (χ1v) is 8.80. The molecule has 0 spiro atoms. The number of carbonyl (C=O) groups is 2. The zero-order valence-electron chi connectivity index (χ0n) is 16.5. The quantitative estimate of drug-likeness (QED) is 0.679. The number of fused-ring (bicyclic) bond motifs is 1. The van der Waals surface area contributed by atoms with E-state index >= 15 is 4.39 Å². The number of hydrogen-bond acceptors (Lipinski definition) is 5. The van der Waals surface area contributed by atoms with Crippen LogP contribution >= 0.6 is 0 Å². The average molecular weight is 394 g/mol. The third kappa shape index (κ3) is 3.55. The second-order valence-electron chi connectivity index (χ2n) is 6.81. The molecule has 29 heavy (non-hydrogen) atoms. The van der Waals surface area contributed by atoms with E-state index in [2.05, 4.69) is 4.98 Å². The van der Waals surface area contributed by atoms with Gasteiger partial charge in [-0.05, 0) is 18.1 Å². The van der Waals surface area contributed by atoms with E-state index in [1.807, 2.05) is 6.07 Å². The lowest BCUT2D eigenvalue weighted by atomic mass is 9.95. The maximum Gasteiger partial charge on any atom is 0.309 e. The monoisotopic (exact) mass is 394 g/mol. The van der Waals surface area contributed by atoms with Gasteiger partial charge < -0.3 is 14.2 Å². The highest BCUT2D eigenvalue weighted by Gasteiger charge is 2.27. The predicted octanol–water partition coefficient (Wildman–Crippen LogP) is 2.97. The molecule has 0 radical (unpaired) electrons. The van der Waals surface area contributed by atoms with E-state index in [4.69, 9.17) is 4.42 Å². The van der Waals surface area contributed by atoms with Gasteiger partial charge >= 0.3 is 5.91 Å². The minimum Gasteiger partial charge on any atom is -0.429 e. The summed E-state index contributed by atoms with van der Waals surface area (Å²) >= 11 is 0. The van der Waals surface area contributed by atoms with Gasteiger partial charge in [-0.25, -0.2) is 9.37 Å². The van der Waals surface area contributed by atoms with Crippen molar-refractivity contribution in [2.45, 2.75) is 6.92 Å². The van der Waals surface area contributed by atoms with Crippen LogP contribution in [0.1, 0.15) is 21.8 Å². The van der Waals surface area contributed by atoms with Crippen molar-refractivity contribution < 1.29 is 18.4 Å². The van der Waals surface area contributed by atoms with Crippen molar-refractivity contribution in [1.29, 1.82) is 5.26 Å². The number of amides is 2. The molecule has 148 valence electrons. The molecule has 1 aromatic heterocycles. The molecule has 0 fully saturated rings. The first-order chi connectivity index (χ1) is 13.8. The number of rotatable bonds is 4. The molecule has 0 aliphatic heterocycles. The fourth-order valence-corrected chi connectivity index (χ4v) is 2.97. The fourth-order valence-electron chi connectivity index (χ4n) is 2.97. The lowest BCUT2D eigenvalue weighted by Gasteiger charge is -2.17. The number of aromatic nitrogens is 1. The number of hydrogen-bond donors (Lipinski definition) is 0. The van der Waals surface area contributed by atoms with Gasteiger partial charge in [0.1, 0.15) is 11.6 Å². The SMILES string of the molecule is Cc1c(-c2ccccc2)c(F)c2oc(C(=O)N(C)CC(=O)N(C)C)nc2c1C#N. The summed E-state index contributed by atoms with van der Waals surface area (Å²) in [6.07, 6.45) is 0. The Morgan fingerprint density at radius 3 is 2.45 bits per heavy atom. The Morgan fingerprint density at radius 2 is 1.86 bits per heavy atom. The van der Waals surface area contributed by atoms with Crippen LogP contribution in [-0.4, -0.2) is 54.3 Å². The van der Waals surface area contributed by atoms with E-state index in [-0.39, 0.29) is 40.6 Å². The molecule has 0 N–H and O–H groups in total. The fraction of sp³-hybridized carbons (Fsp3) is 0.238. The highest BCUT2D eigenvalue weighted by Crippen LogP contribution is 2.35. The van der Waals surface area contributed by atoms with E-state index in [1.54, 1.807) is 51.4 Å². The van der Waals surface area contributed by atoms with Crippen LogP contribution in [0.15, 0.2) is 34.7 Å². The van der Waals surface area contributed by atoms with Gasteiger partial charge in [0.2, 0.25) is 5.91 Å². The predicted molar refractivity (Wildman–Crippen MR) is 105 cm³/mol. The summed E-state index contributed by atoms with van der Waals surface area (Å²) in [6.45, 7) is 1.44. The Balaban J connectivity index is 2.13. The first kappa shape index (κ1) is 20.0. The van der Waals surface area contributed by atoms with Crippen LogP contribution in [0.4, 0.5) is 4.39 Å². The molecular weight excluding hydrogens is 375 g/mol. The molecule has 2 aromatic carbocycles. The van der Waals surface area contributed by atoms with Crippen LogP contribution in [0.3, 0.4) is 0 Å². The molecule has 0 saturated carbocycles. The molecule has 0 atom stereocenters. The Kier molecular flexibility index (Phi) is 5.33. The maximum absolute atomic E-state index is 15.3. The number of nitriles is 1. The Bertz CT molecular complexity index is 1150. The molecule has 0 unspecified atom stereocenters. The maximum atomic E-state index is 15.3. The van der Waals surface area contributed by atoms with Crippen molar-refractivity contribution in [1.82, 2.24) is 14.8 Å². The van der Waals surface area contributed by atoms with E-state index in [1.165, 1.54) is 11.9 Å². The van der Waals surface area contributed by atoms with Gasteiger partial charge in [-0.2, -0.15) is 5.26 Å². The van der Waals surface area contributed by atoms with Crippen LogP contribution in [0.25, 0.3) is 22.2 Å². The van der Waals surface area contributed by atoms with E-state index in [0.717, 1.165) is 4.90 Å². The molecule has 2 amide bonds. The van der Waals surface area contributed by atoms with E-state index < -0.39 is 11.7 Å². The smallest absolute Gasteiger partial charge is 0.309 e. The number of likely N-dealkylation sites (N-methyl/N-ethyl adjacent to an activating group) is 2.